The van der Waals surface area contributed by atoms with Gasteiger partial charge < -0.3 is 10.3 Å². The summed E-state index contributed by atoms with van der Waals surface area (Å²) in [5.41, 5.74) is 0.880. The Morgan fingerprint density at radius 2 is 2.00 bits per heavy atom. The van der Waals surface area contributed by atoms with Crippen LogP contribution in [-0.2, 0) is 5.41 Å². The molecular formula is C15H19F2N3. The molecule has 3 rings (SSSR count). The van der Waals surface area contributed by atoms with E-state index in [0.29, 0.717) is 17.0 Å². The van der Waals surface area contributed by atoms with Gasteiger partial charge in [0, 0.05) is 17.5 Å². The Kier molecular flexibility index (Phi) is 3.24. The zero-order valence-corrected chi connectivity index (χ0v) is 11.8. The van der Waals surface area contributed by atoms with Gasteiger partial charge in [-0.2, -0.15) is 0 Å². The number of fused-ring (bicyclic) bond motifs is 1. The molecule has 1 aromatic heterocycles. The Bertz CT molecular complexity index is 588. The first-order chi connectivity index (χ1) is 9.48. The molecule has 1 unspecified atom stereocenters. The van der Waals surface area contributed by atoms with E-state index in [1.807, 2.05) is 0 Å². The Morgan fingerprint density at radius 3 is 2.70 bits per heavy atom. The van der Waals surface area contributed by atoms with Crippen molar-refractivity contribution < 1.29 is 8.78 Å². The predicted octanol–water partition coefficient (Wildman–Crippen LogP) is 3.12. The molecule has 3 nitrogen and oxygen atoms in total. The summed E-state index contributed by atoms with van der Waals surface area (Å²) in [5.74, 6) is -0.435. The van der Waals surface area contributed by atoms with Crippen LogP contribution in [0.3, 0.4) is 0 Å². The first-order valence-corrected chi connectivity index (χ1v) is 7.04. The van der Waals surface area contributed by atoms with Crippen LogP contribution in [0, 0.1) is 17.6 Å². The number of benzene rings is 1. The van der Waals surface area contributed by atoms with Gasteiger partial charge in [-0.15, -0.1) is 0 Å². The highest BCUT2D eigenvalue weighted by molar-refractivity contribution is 5.75. The molecule has 0 radical (unpaired) electrons. The van der Waals surface area contributed by atoms with Gasteiger partial charge in [-0.1, -0.05) is 13.8 Å². The van der Waals surface area contributed by atoms with Gasteiger partial charge in [-0.25, -0.2) is 13.8 Å². The highest BCUT2D eigenvalue weighted by atomic mass is 19.2. The number of nitrogens with one attached hydrogen (secondary N) is 2. The van der Waals surface area contributed by atoms with Crippen molar-refractivity contribution >= 4 is 11.0 Å². The van der Waals surface area contributed by atoms with Gasteiger partial charge in [0.15, 0.2) is 11.6 Å². The molecule has 5 heteroatoms. The lowest BCUT2D eigenvalue weighted by atomic mass is 9.74. The number of imidazole rings is 1. The summed E-state index contributed by atoms with van der Waals surface area (Å²) in [5, 5.41) is 3.40. The van der Waals surface area contributed by atoms with E-state index >= 15 is 0 Å². The first kappa shape index (κ1) is 13.5. The molecule has 0 saturated carbocycles. The fourth-order valence-corrected chi connectivity index (χ4v) is 2.97. The SMILES string of the molecule is CC(C)(c1nc2cc(F)c(F)cc2[nH]1)C1CCCNC1. The van der Waals surface area contributed by atoms with Crippen molar-refractivity contribution in [2.75, 3.05) is 13.1 Å². The van der Waals surface area contributed by atoms with E-state index in [-0.39, 0.29) is 5.41 Å². The summed E-state index contributed by atoms with van der Waals surface area (Å²) in [7, 11) is 0. The maximum Gasteiger partial charge on any atom is 0.161 e. The molecule has 108 valence electrons. The Hall–Kier alpha value is -1.49. The lowest BCUT2D eigenvalue weighted by Gasteiger charge is -2.35. The van der Waals surface area contributed by atoms with Crippen LogP contribution in [0.2, 0.25) is 0 Å². The Balaban J connectivity index is 2.00. The average Bonchev–Trinajstić information content (AvgIpc) is 2.84. The van der Waals surface area contributed by atoms with Crippen LogP contribution in [0.5, 0.6) is 0 Å². The molecule has 1 aliphatic rings. The van der Waals surface area contributed by atoms with Crippen molar-refractivity contribution in [3.05, 3.63) is 29.6 Å². The van der Waals surface area contributed by atoms with E-state index in [2.05, 4.69) is 29.1 Å². The standard InChI is InChI=1S/C15H19F2N3/c1-15(2,9-4-3-5-18-8-9)14-19-12-6-10(16)11(17)7-13(12)20-14/h6-7,9,18H,3-5,8H2,1-2H3,(H,19,20). The van der Waals surface area contributed by atoms with Crippen molar-refractivity contribution in [1.82, 2.24) is 15.3 Å². The highest BCUT2D eigenvalue weighted by Gasteiger charge is 2.34. The molecule has 2 N–H and O–H groups in total. The molecule has 0 bridgehead atoms. The van der Waals surface area contributed by atoms with E-state index in [9.17, 15) is 8.78 Å². The maximum atomic E-state index is 13.3. The number of H-pyrrole nitrogens is 1. The molecule has 0 spiro atoms. The van der Waals surface area contributed by atoms with Crippen LogP contribution in [0.15, 0.2) is 12.1 Å². The van der Waals surface area contributed by atoms with Crippen LogP contribution < -0.4 is 5.32 Å². The fraction of sp³-hybridized carbons (Fsp3) is 0.533. The number of aromatic amines is 1. The zero-order valence-electron chi connectivity index (χ0n) is 11.8. The van der Waals surface area contributed by atoms with E-state index in [1.165, 1.54) is 6.07 Å². The number of rotatable bonds is 2. The number of aromatic nitrogens is 2. The fourth-order valence-electron chi connectivity index (χ4n) is 2.97. The minimum atomic E-state index is -0.854. The van der Waals surface area contributed by atoms with Crippen LogP contribution in [0.25, 0.3) is 11.0 Å². The van der Waals surface area contributed by atoms with Crippen LogP contribution in [-0.4, -0.2) is 23.1 Å². The first-order valence-electron chi connectivity index (χ1n) is 7.04. The topological polar surface area (TPSA) is 40.7 Å². The predicted molar refractivity (Wildman–Crippen MR) is 74.6 cm³/mol. The molecule has 1 aliphatic heterocycles. The quantitative estimate of drug-likeness (QED) is 0.886. The van der Waals surface area contributed by atoms with Crippen molar-refractivity contribution in [2.24, 2.45) is 5.92 Å². The number of hydrogen-bond donors (Lipinski definition) is 2. The van der Waals surface area contributed by atoms with Crippen molar-refractivity contribution in [1.29, 1.82) is 0 Å². The minimum Gasteiger partial charge on any atom is -0.341 e. The number of nitrogens with zero attached hydrogens (tertiary/aromatic N) is 1. The van der Waals surface area contributed by atoms with Gasteiger partial charge in [0.25, 0.3) is 0 Å². The van der Waals surface area contributed by atoms with Crippen LogP contribution >= 0.6 is 0 Å². The lowest BCUT2D eigenvalue weighted by Crippen LogP contribution is -2.41. The summed E-state index contributed by atoms with van der Waals surface area (Å²) < 4.78 is 26.5. The highest BCUT2D eigenvalue weighted by Crippen LogP contribution is 2.35. The van der Waals surface area contributed by atoms with Gasteiger partial charge in [-0.3, -0.25) is 0 Å². The number of halogens is 2. The molecular weight excluding hydrogens is 260 g/mol. The van der Waals surface area contributed by atoms with E-state index in [4.69, 9.17) is 0 Å². The average molecular weight is 279 g/mol. The smallest absolute Gasteiger partial charge is 0.161 e. The third kappa shape index (κ3) is 2.20. The summed E-state index contributed by atoms with van der Waals surface area (Å²) in [6, 6.07) is 2.33. The van der Waals surface area contributed by atoms with E-state index in [1.54, 1.807) is 0 Å². The summed E-state index contributed by atoms with van der Waals surface area (Å²) in [4.78, 5) is 7.63. The second kappa shape index (κ2) is 4.81. The minimum absolute atomic E-state index is 0.153. The van der Waals surface area contributed by atoms with Gasteiger partial charge >= 0.3 is 0 Å². The summed E-state index contributed by atoms with van der Waals surface area (Å²) in [6.07, 6.45) is 2.29. The molecule has 0 amide bonds. The normalized spacial score (nSPS) is 20.5. The molecule has 1 aromatic carbocycles. The third-order valence-corrected chi connectivity index (χ3v) is 4.45. The molecule has 1 saturated heterocycles. The maximum absolute atomic E-state index is 13.3. The van der Waals surface area contributed by atoms with Gasteiger partial charge in [0.1, 0.15) is 5.82 Å². The summed E-state index contributed by atoms with van der Waals surface area (Å²) >= 11 is 0. The van der Waals surface area contributed by atoms with E-state index in [0.717, 1.165) is 37.8 Å². The van der Waals surface area contributed by atoms with Gasteiger partial charge in [-0.05, 0) is 31.8 Å². The van der Waals surface area contributed by atoms with Crippen LogP contribution in [0.1, 0.15) is 32.5 Å². The summed E-state index contributed by atoms with van der Waals surface area (Å²) in [6.45, 7) is 6.28. The second-order valence-electron chi connectivity index (χ2n) is 6.13. The number of hydrogen-bond acceptors (Lipinski definition) is 2. The molecule has 1 atom stereocenters. The van der Waals surface area contributed by atoms with Gasteiger partial charge in [0.05, 0.1) is 11.0 Å². The molecule has 20 heavy (non-hydrogen) atoms. The zero-order chi connectivity index (χ0) is 14.3. The molecule has 0 aliphatic carbocycles. The van der Waals surface area contributed by atoms with Crippen LogP contribution in [0.4, 0.5) is 8.78 Å². The Labute approximate surface area is 116 Å². The number of piperidine rings is 1. The van der Waals surface area contributed by atoms with Crippen molar-refractivity contribution in [3.8, 4) is 0 Å². The Morgan fingerprint density at radius 1 is 1.25 bits per heavy atom. The third-order valence-electron chi connectivity index (χ3n) is 4.45. The molecule has 2 aromatic rings. The van der Waals surface area contributed by atoms with Crippen molar-refractivity contribution in [3.63, 3.8) is 0 Å². The lowest BCUT2D eigenvalue weighted by molar-refractivity contribution is 0.243. The molecule has 1 fully saturated rings. The van der Waals surface area contributed by atoms with Gasteiger partial charge in [0.2, 0.25) is 0 Å². The van der Waals surface area contributed by atoms with E-state index < -0.39 is 11.6 Å². The largest absolute Gasteiger partial charge is 0.341 e. The second-order valence-corrected chi connectivity index (χ2v) is 6.13. The van der Waals surface area contributed by atoms with Crippen molar-refractivity contribution in [2.45, 2.75) is 32.1 Å². The molecule has 2 heterocycles. The monoisotopic (exact) mass is 279 g/mol.